The molecule has 1 aliphatic heterocycles. The van der Waals surface area contributed by atoms with Crippen LogP contribution in [0.4, 0.5) is 0 Å². The van der Waals surface area contributed by atoms with Gasteiger partial charge in [0, 0.05) is 47.4 Å². The summed E-state index contributed by atoms with van der Waals surface area (Å²) in [4.78, 5) is 11.4. The Morgan fingerprint density at radius 2 is 1.44 bits per heavy atom. The minimum atomic E-state index is -3.82. The SMILES string of the molecule is Cn1nc(C2CCN(S(=O)(=O)c3cccc(C(=O)O)c3)CC2)c2cc(C(c3ccc(Cl)cc3)c3ccc(Cl)cc3)ccc21. The van der Waals surface area contributed by atoms with Crippen molar-refractivity contribution in [3.63, 3.8) is 0 Å². The second kappa shape index (κ2) is 11.8. The Morgan fingerprint density at radius 1 is 0.860 bits per heavy atom. The first-order valence-corrected chi connectivity index (χ1v) is 16.1. The lowest BCUT2D eigenvalue weighted by Gasteiger charge is -2.30. The Bertz CT molecular complexity index is 1870. The minimum absolute atomic E-state index is 0.00535. The molecule has 43 heavy (non-hydrogen) atoms. The van der Waals surface area contributed by atoms with Gasteiger partial charge in [0.2, 0.25) is 10.0 Å². The zero-order valence-electron chi connectivity index (χ0n) is 23.3. The first kappa shape index (κ1) is 29.4. The molecule has 1 saturated heterocycles. The van der Waals surface area contributed by atoms with Gasteiger partial charge < -0.3 is 5.11 Å². The van der Waals surface area contributed by atoms with E-state index in [4.69, 9.17) is 28.3 Å². The number of hydrogen-bond donors (Lipinski definition) is 1. The molecule has 4 aromatic carbocycles. The fourth-order valence-electron chi connectivity index (χ4n) is 5.99. The summed E-state index contributed by atoms with van der Waals surface area (Å²) in [6.45, 7) is 0.639. The van der Waals surface area contributed by atoms with Crippen molar-refractivity contribution >= 4 is 50.1 Å². The first-order valence-electron chi connectivity index (χ1n) is 13.9. The molecule has 0 unspecified atom stereocenters. The molecule has 1 N–H and O–H groups in total. The number of piperidine rings is 1. The van der Waals surface area contributed by atoms with Gasteiger partial charge in [0.15, 0.2) is 0 Å². The highest BCUT2D eigenvalue weighted by Crippen LogP contribution is 2.38. The summed E-state index contributed by atoms with van der Waals surface area (Å²) < 4.78 is 30.0. The zero-order chi connectivity index (χ0) is 30.3. The molecule has 0 aliphatic carbocycles. The van der Waals surface area contributed by atoms with Gasteiger partial charge in [-0.05, 0) is 84.1 Å². The fraction of sp³-hybridized carbons (Fsp3) is 0.212. The van der Waals surface area contributed by atoms with Crippen molar-refractivity contribution in [2.45, 2.75) is 29.6 Å². The maximum absolute atomic E-state index is 13.3. The van der Waals surface area contributed by atoms with Gasteiger partial charge >= 0.3 is 5.97 Å². The Labute approximate surface area is 260 Å². The number of aromatic carboxylic acids is 1. The smallest absolute Gasteiger partial charge is 0.335 e. The Morgan fingerprint density at radius 3 is 2.02 bits per heavy atom. The van der Waals surface area contributed by atoms with E-state index in [2.05, 4.69) is 18.2 Å². The van der Waals surface area contributed by atoms with Gasteiger partial charge in [0.1, 0.15) is 0 Å². The molecule has 1 aromatic heterocycles. The van der Waals surface area contributed by atoms with Gasteiger partial charge in [-0.15, -0.1) is 0 Å². The van der Waals surface area contributed by atoms with Crippen molar-refractivity contribution in [2.75, 3.05) is 13.1 Å². The Kier molecular flexibility index (Phi) is 8.04. The molecular weight excluding hydrogens is 605 g/mol. The van der Waals surface area contributed by atoms with Crippen LogP contribution in [0.15, 0.2) is 95.9 Å². The van der Waals surface area contributed by atoms with Crippen molar-refractivity contribution in [3.8, 4) is 0 Å². The van der Waals surface area contributed by atoms with Crippen molar-refractivity contribution < 1.29 is 18.3 Å². The van der Waals surface area contributed by atoms with Gasteiger partial charge in [-0.25, -0.2) is 13.2 Å². The number of carboxylic acids is 1. The maximum atomic E-state index is 13.3. The van der Waals surface area contributed by atoms with Crippen LogP contribution in [-0.2, 0) is 17.1 Å². The molecule has 5 aromatic rings. The summed E-state index contributed by atoms with van der Waals surface area (Å²) in [6.07, 6.45) is 1.21. The molecule has 220 valence electrons. The van der Waals surface area contributed by atoms with Gasteiger partial charge in [0.05, 0.1) is 21.7 Å². The number of halogens is 2. The van der Waals surface area contributed by atoms with E-state index in [9.17, 15) is 18.3 Å². The first-order chi connectivity index (χ1) is 20.6. The zero-order valence-corrected chi connectivity index (χ0v) is 25.6. The lowest BCUT2D eigenvalue weighted by atomic mass is 9.84. The van der Waals surface area contributed by atoms with Gasteiger partial charge in [0.25, 0.3) is 0 Å². The molecular formula is C33H29Cl2N3O4S. The summed E-state index contributed by atoms with van der Waals surface area (Å²) in [5.41, 5.74) is 5.21. The van der Waals surface area contributed by atoms with Crippen LogP contribution in [-0.4, -0.2) is 46.7 Å². The van der Waals surface area contributed by atoms with Gasteiger partial charge in [-0.2, -0.15) is 9.40 Å². The van der Waals surface area contributed by atoms with E-state index in [1.807, 2.05) is 60.3 Å². The van der Waals surface area contributed by atoms with Crippen molar-refractivity contribution in [1.82, 2.24) is 14.1 Å². The molecule has 7 nitrogen and oxygen atoms in total. The summed E-state index contributed by atoms with van der Waals surface area (Å²) in [7, 11) is -1.89. The Hall–Kier alpha value is -3.69. The maximum Gasteiger partial charge on any atom is 0.335 e. The standard InChI is InChI=1S/C33H29Cl2N3O4S/c1-37-30-14-9-24(31(21-5-10-26(34)11-6-21)22-7-12-27(35)13-8-22)20-29(30)32(36-37)23-15-17-38(18-16-23)43(41,42)28-4-2-3-25(19-28)33(39)40/h2-14,19-20,23,31H,15-18H2,1H3,(H,39,40). The number of carboxylic acid groups (broad SMARTS) is 1. The van der Waals surface area contributed by atoms with Crippen molar-refractivity contribution in [3.05, 3.63) is 129 Å². The van der Waals surface area contributed by atoms with Crippen LogP contribution in [0.2, 0.25) is 10.0 Å². The second-order valence-corrected chi connectivity index (χ2v) is 13.6. The van der Waals surface area contributed by atoms with Crippen LogP contribution >= 0.6 is 23.2 Å². The molecule has 0 spiro atoms. The molecule has 0 amide bonds. The van der Waals surface area contributed by atoms with Crippen molar-refractivity contribution in [1.29, 1.82) is 0 Å². The number of aromatic nitrogens is 2. The topological polar surface area (TPSA) is 92.5 Å². The molecule has 6 rings (SSSR count). The molecule has 0 atom stereocenters. The molecule has 10 heteroatoms. The molecule has 0 saturated carbocycles. The Balaban J connectivity index is 1.31. The van der Waals surface area contributed by atoms with Crippen LogP contribution in [0.25, 0.3) is 10.9 Å². The largest absolute Gasteiger partial charge is 0.478 e. The highest BCUT2D eigenvalue weighted by atomic mass is 35.5. The number of rotatable bonds is 7. The molecule has 1 aliphatic rings. The average Bonchev–Trinajstić information content (AvgIpc) is 3.35. The highest BCUT2D eigenvalue weighted by Gasteiger charge is 2.32. The van der Waals surface area contributed by atoms with E-state index in [1.54, 1.807) is 0 Å². The third-order valence-corrected chi connectivity index (χ3v) is 10.6. The van der Waals surface area contributed by atoms with E-state index in [0.717, 1.165) is 33.3 Å². The van der Waals surface area contributed by atoms with E-state index >= 15 is 0 Å². The van der Waals surface area contributed by atoms with E-state index < -0.39 is 16.0 Å². The number of fused-ring (bicyclic) bond motifs is 1. The number of sulfonamides is 1. The quantitative estimate of drug-likeness (QED) is 0.189. The van der Waals surface area contributed by atoms with Crippen LogP contribution in [0.5, 0.6) is 0 Å². The second-order valence-electron chi connectivity index (χ2n) is 10.8. The summed E-state index contributed by atoms with van der Waals surface area (Å²) in [5.74, 6) is -1.15. The number of aryl methyl sites for hydroxylation is 1. The average molecular weight is 635 g/mol. The summed E-state index contributed by atoms with van der Waals surface area (Å²) >= 11 is 12.4. The third kappa shape index (κ3) is 5.80. The van der Waals surface area contributed by atoms with Gasteiger partial charge in [-0.3, -0.25) is 4.68 Å². The number of benzene rings is 4. The molecule has 0 bridgehead atoms. The fourth-order valence-corrected chi connectivity index (χ4v) is 7.76. The summed E-state index contributed by atoms with van der Waals surface area (Å²) in [5, 5.41) is 16.6. The molecule has 2 heterocycles. The normalized spacial score (nSPS) is 14.9. The molecule has 1 fully saturated rings. The van der Waals surface area contributed by atoms with E-state index in [-0.39, 0.29) is 22.3 Å². The lowest BCUT2D eigenvalue weighted by Crippen LogP contribution is -2.38. The van der Waals surface area contributed by atoms with Gasteiger partial charge in [-0.1, -0.05) is 59.6 Å². The number of nitrogens with zero attached hydrogens (tertiary/aromatic N) is 3. The minimum Gasteiger partial charge on any atom is -0.478 e. The number of carbonyl (C=O) groups is 1. The molecule has 0 radical (unpaired) electrons. The van der Waals surface area contributed by atoms with E-state index in [1.165, 1.54) is 28.6 Å². The predicted molar refractivity (Wildman–Crippen MR) is 169 cm³/mol. The predicted octanol–water partition coefficient (Wildman–Crippen LogP) is 7.33. The van der Waals surface area contributed by atoms with Crippen LogP contribution in [0.1, 0.15) is 57.4 Å². The van der Waals surface area contributed by atoms with Crippen LogP contribution < -0.4 is 0 Å². The van der Waals surface area contributed by atoms with Crippen LogP contribution in [0, 0.1) is 0 Å². The third-order valence-electron chi connectivity index (χ3n) is 8.20. The summed E-state index contributed by atoms with van der Waals surface area (Å²) in [6, 6.07) is 27.7. The van der Waals surface area contributed by atoms with Crippen LogP contribution in [0.3, 0.4) is 0 Å². The highest BCUT2D eigenvalue weighted by molar-refractivity contribution is 7.89. The van der Waals surface area contributed by atoms with E-state index in [0.29, 0.717) is 36.0 Å². The lowest BCUT2D eigenvalue weighted by molar-refractivity contribution is 0.0696. The number of hydrogen-bond acceptors (Lipinski definition) is 4. The van der Waals surface area contributed by atoms with Crippen molar-refractivity contribution in [2.24, 2.45) is 7.05 Å². The monoisotopic (exact) mass is 633 g/mol.